The molecule has 0 spiro atoms. The lowest BCUT2D eigenvalue weighted by molar-refractivity contribution is 0.482. The van der Waals surface area contributed by atoms with Crippen molar-refractivity contribution in [1.29, 1.82) is 0 Å². The summed E-state index contributed by atoms with van der Waals surface area (Å²) in [7, 11) is 0. The van der Waals surface area contributed by atoms with Crippen LogP contribution in [0.25, 0.3) is 55.1 Å². The molecule has 4 heteroatoms. The Hall–Kier alpha value is -5.35. The highest BCUT2D eigenvalue weighted by Crippen LogP contribution is 2.37. The second-order valence-corrected chi connectivity index (χ2v) is 9.69. The van der Waals surface area contributed by atoms with Crippen LogP contribution in [0.15, 0.2) is 140 Å². The summed E-state index contributed by atoms with van der Waals surface area (Å²) in [5.74, 6) is 1.62. The zero-order valence-electron chi connectivity index (χ0n) is 21.0. The average molecular weight is 502 g/mol. The third-order valence-electron chi connectivity index (χ3n) is 7.40. The first-order valence-electron chi connectivity index (χ1n) is 13.1. The second-order valence-electron chi connectivity index (χ2n) is 9.69. The van der Waals surface area contributed by atoms with E-state index in [1.165, 1.54) is 16.2 Å². The van der Waals surface area contributed by atoms with E-state index in [2.05, 4.69) is 100 Å². The van der Waals surface area contributed by atoms with E-state index in [9.17, 15) is 0 Å². The van der Waals surface area contributed by atoms with Gasteiger partial charge < -0.3 is 9.30 Å². The first-order chi connectivity index (χ1) is 19.3. The van der Waals surface area contributed by atoms with Crippen molar-refractivity contribution in [2.24, 2.45) is 0 Å². The molecule has 8 rings (SSSR count). The number of rotatable bonds is 4. The Morgan fingerprint density at radius 1 is 0.436 bits per heavy atom. The monoisotopic (exact) mass is 501 g/mol. The number of pyridine rings is 1. The molecule has 0 radical (unpaired) electrons. The van der Waals surface area contributed by atoms with E-state index >= 15 is 0 Å². The Labute approximate surface area is 225 Å². The summed E-state index contributed by atoms with van der Waals surface area (Å²) in [5, 5.41) is 4.78. The number of benzene rings is 5. The maximum Gasteiger partial charge on any atom is 0.145 e. The standard InChI is InChI=1S/C35H23N3O/c1-2-11-26(12-3-1)39-27-13-8-10-24(22-27)37-32-17-6-4-14-28(32)30-20-19-25(23-34(30)37)38-33-18-7-5-15-29(33)31-16-9-21-36-35(31)38/h1-23H. The minimum atomic E-state index is 0.799. The van der Waals surface area contributed by atoms with E-state index < -0.39 is 0 Å². The minimum Gasteiger partial charge on any atom is -0.457 e. The van der Waals surface area contributed by atoms with E-state index in [0.29, 0.717) is 0 Å². The molecule has 0 saturated carbocycles. The van der Waals surface area contributed by atoms with Gasteiger partial charge in [0, 0.05) is 45.2 Å². The Kier molecular flexibility index (Phi) is 4.79. The van der Waals surface area contributed by atoms with Crippen LogP contribution in [0.5, 0.6) is 11.5 Å². The zero-order valence-corrected chi connectivity index (χ0v) is 21.0. The number of hydrogen-bond donors (Lipinski definition) is 0. The molecule has 0 unspecified atom stereocenters. The molecule has 0 N–H and O–H groups in total. The van der Waals surface area contributed by atoms with Crippen molar-refractivity contribution in [3.8, 4) is 22.9 Å². The van der Waals surface area contributed by atoms with Gasteiger partial charge in [-0.25, -0.2) is 4.98 Å². The number of ether oxygens (including phenoxy) is 1. The van der Waals surface area contributed by atoms with Crippen molar-refractivity contribution in [3.63, 3.8) is 0 Å². The van der Waals surface area contributed by atoms with Gasteiger partial charge in [0.25, 0.3) is 0 Å². The van der Waals surface area contributed by atoms with Gasteiger partial charge in [0.2, 0.25) is 0 Å². The van der Waals surface area contributed by atoms with E-state index in [1.54, 1.807) is 0 Å². The molecule has 0 bridgehead atoms. The molecule has 4 nitrogen and oxygen atoms in total. The lowest BCUT2D eigenvalue weighted by Crippen LogP contribution is -1.98. The largest absolute Gasteiger partial charge is 0.457 e. The van der Waals surface area contributed by atoms with E-state index in [1.807, 2.05) is 48.7 Å². The molecule has 0 aliphatic heterocycles. The summed E-state index contributed by atoms with van der Waals surface area (Å²) in [6.45, 7) is 0. The van der Waals surface area contributed by atoms with Gasteiger partial charge in [-0.2, -0.15) is 0 Å². The van der Waals surface area contributed by atoms with Crippen molar-refractivity contribution in [1.82, 2.24) is 14.1 Å². The molecule has 0 saturated heterocycles. The quantitative estimate of drug-likeness (QED) is 0.241. The van der Waals surface area contributed by atoms with Gasteiger partial charge in [0.1, 0.15) is 17.1 Å². The summed E-state index contributed by atoms with van der Waals surface area (Å²) < 4.78 is 10.8. The third kappa shape index (κ3) is 3.42. The van der Waals surface area contributed by atoms with E-state index in [-0.39, 0.29) is 0 Å². The number of nitrogens with zero attached hydrogens (tertiary/aromatic N) is 3. The smallest absolute Gasteiger partial charge is 0.145 e. The van der Waals surface area contributed by atoms with Gasteiger partial charge in [-0.15, -0.1) is 0 Å². The van der Waals surface area contributed by atoms with Gasteiger partial charge in [-0.1, -0.05) is 66.7 Å². The van der Waals surface area contributed by atoms with Crippen molar-refractivity contribution >= 4 is 43.7 Å². The molecule has 0 aliphatic carbocycles. The first kappa shape index (κ1) is 21.7. The summed E-state index contributed by atoms with van der Waals surface area (Å²) in [4.78, 5) is 4.79. The highest BCUT2D eigenvalue weighted by Gasteiger charge is 2.17. The predicted octanol–water partition coefficient (Wildman–Crippen LogP) is 9.07. The Morgan fingerprint density at radius 2 is 1.08 bits per heavy atom. The fourth-order valence-electron chi connectivity index (χ4n) is 5.74. The fraction of sp³-hybridized carbons (Fsp3) is 0. The number of fused-ring (bicyclic) bond motifs is 6. The Bertz CT molecular complexity index is 2100. The van der Waals surface area contributed by atoms with Gasteiger partial charge in [-0.3, -0.25) is 4.57 Å². The van der Waals surface area contributed by atoms with Gasteiger partial charge >= 0.3 is 0 Å². The van der Waals surface area contributed by atoms with Crippen LogP contribution in [-0.4, -0.2) is 14.1 Å². The number of hydrogen-bond acceptors (Lipinski definition) is 2. The molecule has 5 aromatic carbocycles. The van der Waals surface area contributed by atoms with Crippen LogP contribution >= 0.6 is 0 Å². The summed E-state index contributed by atoms with van der Waals surface area (Å²) in [6, 6.07) is 46.2. The van der Waals surface area contributed by atoms with Crippen LogP contribution in [0, 0.1) is 0 Å². The topological polar surface area (TPSA) is 32.0 Å². The lowest BCUT2D eigenvalue weighted by Gasteiger charge is -2.12. The molecule has 0 amide bonds. The Morgan fingerprint density at radius 3 is 1.92 bits per heavy atom. The molecule has 0 fully saturated rings. The predicted molar refractivity (Wildman–Crippen MR) is 159 cm³/mol. The third-order valence-corrected chi connectivity index (χ3v) is 7.40. The highest BCUT2D eigenvalue weighted by molar-refractivity contribution is 6.11. The average Bonchev–Trinajstić information content (AvgIpc) is 3.50. The fourth-order valence-corrected chi connectivity index (χ4v) is 5.74. The van der Waals surface area contributed by atoms with Crippen molar-refractivity contribution in [2.75, 3.05) is 0 Å². The molecule has 3 heterocycles. The van der Waals surface area contributed by atoms with E-state index in [4.69, 9.17) is 9.72 Å². The first-order valence-corrected chi connectivity index (χ1v) is 13.1. The van der Waals surface area contributed by atoms with Crippen LogP contribution in [0.4, 0.5) is 0 Å². The molecule has 39 heavy (non-hydrogen) atoms. The van der Waals surface area contributed by atoms with Crippen LogP contribution in [0.1, 0.15) is 0 Å². The SMILES string of the molecule is c1ccc(Oc2cccc(-n3c4ccccc4c4ccc(-n5c6ccccc6c6cccnc65)cc43)c2)cc1. The maximum absolute atomic E-state index is 6.19. The van der Waals surface area contributed by atoms with Crippen LogP contribution < -0.4 is 4.74 Å². The molecule has 3 aromatic heterocycles. The van der Waals surface area contributed by atoms with Crippen LogP contribution in [0.3, 0.4) is 0 Å². The lowest BCUT2D eigenvalue weighted by atomic mass is 10.1. The van der Waals surface area contributed by atoms with Crippen LogP contribution in [0.2, 0.25) is 0 Å². The van der Waals surface area contributed by atoms with Crippen molar-refractivity contribution in [3.05, 3.63) is 140 Å². The highest BCUT2D eigenvalue weighted by atomic mass is 16.5. The minimum absolute atomic E-state index is 0.799. The van der Waals surface area contributed by atoms with E-state index in [0.717, 1.165) is 50.5 Å². The molecule has 8 aromatic rings. The summed E-state index contributed by atoms with van der Waals surface area (Å²) in [5.41, 5.74) is 6.51. The molecular weight excluding hydrogens is 478 g/mol. The second kappa shape index (κ2) is 8.61. The molecule has 0 aliphatic rings. The van der Waals surface area contributed by atoms with Gasteiger partial charge in [0.05, 0.1) is 16.6 Å². The summed E-state index contributed by atoms with van der Waals surface area (Å²) in [6.07, 6.45) is 1.87. The van der Waals surface area contributed by atoms with Gasteiger partial charge in [0.15, 0.2) is 0 Å². The van der Waals surface area contributed by atoms with Crippen molar-refractivity contribution < 1.29 is 4.74 Å². The number of para-hydroxylation sites is 3. The van der Waals surface area contributed by atoms with Crippen LogP contribution in [-0.2, 0) is 0 Å². The number of aromatic nitrogens is 3. The zero-order chi connectivity index (χ0) is 25.8. The molecule has 184 valence electrons. The molecular formula is C35H23N3O. The molecule has 0 atom stereocenters. The maximum atomic E-state index is 6.19. The van der Waals surface area contributed by atoms with Crippen molar-refractivity contribution in [2.45, 2.75) is 0 Å². The normalized spacial score (nSPS) is 11.6. The Balaban J connectivity index is 1.38. The van der Waals surface area contributed by atoms with Gasteiger partial charge in [-0.05, 0) is 60.7 Å². The summed E-state index contributed by atoms with van der Waals surface area (Å²) >= 11 is 0.